The van der Waals surface area contributed by atoms with Crippen molar-refractivity contribution in [3.63, 3.8) is 0 Å². The zero-order valence-corrected chi connectivity index (χ0v) is 9.31. The van der Waals surface area contributed by atoms with Gasteiger partial charge in [-0.2, -0.15) is 4.98 Å². The van der Waals surface area contributed by atoms with Crippen LogP contribution in [0, 0.1) is 6.92 Å². The predicted octanol–water partition coefficient (Wildman–Crippen LogP) is 2.28. The molecule has 82 valence electrons. The van der Waals surface area contributed by atoms with E-state index in [1.165, 1.54) is 0 Å². The standard InChI is InChI=1S/C13H14N2O/c1-3-4-8-15-9-11-10(2)6-5-7-12(11)14-13(15)16/h3,5-7,9H,1,4,8H2,2H3. The fourth-order valence-electron chi connectivity index (χ4n) is 1.70. The molecule has 0 saturated heterocycles. The lowest BCUT2D eigenvalue weighted by Crippen LogP contribution is -2.22. The van der Waals surface area contributed by atoms with Crippen LogP contribution in [0.4, 0.5) is 0 Å². The average molecular weight is 214 g/mol. The molecule has 0 radical (unpaired) electrons. The fraction of sp³-hybridized carbons (Fsp3) is 0.231. The van der Waals surface area contributed by atoms with Gasteiger partial charge in [0.1, 0.15) is 0 Å². The van der Waals surface area contributed by atoms with Gasteiger partial charge in [0, 0.05) is 18.1 Å². The van der Waals surface area contributed by atoms with Crippen molar-refractivity contribution in [1.29, 1.82) is 0 Å². The lowest BCUT2D eigenvalue weighted by atomic mass is 10.1. The molecule has 0 aliphatic rings. The molecule has 16 heavy (non-hydrogen) atoms. The quantitative estimate of drug-likeness (QED) is 0.735. The van der Waals surface area contributed by atoms with Gasteiger partial charge < -0.3 is 0 Å². The Balaban J connectivity index is 2.60. The first kappa shape index (κ1) is 10.6. The Morgan fingerprint density at radius 2 is 2.31 bits per heavy atom. The van der Waals surface area contributed by atoms with Gasteiger partial charge in [0.2, 0.25) is 0 Å². The first-order valence-corrected chi connectivity index (χ1v) is 5.30. The molecule has 0 N–H and O–H groups in total. The summed E-state index contributed by atoms with van der Waals surface area (Å²) in [6, 6.07) is 5.80. The number of benzene rings is 1. The Morgan fingerprint density at radius 1 is 1.50 bits per heavy atom. The molecular weight excluding hydrogens is 200 g/mol. The van der Waals surface area contributed by atoms with E-state index in [-0.39, 0.29) is 5.69 Å². The van der Waals surface area contributed by atoms with Gasteiger partial charge in [-0.3, -0.25) is 4.57 Å². The van der Waals surface area contributed by atoms with E-state index in [1.54, 1.807) is 10.6 Å². The Kier molecular flexibility index (Phi) is 2.86. The second-order valence-corrected chi connectivity index (χ2v) is 3.80. The molecule has 0 aliphatic heterocycles. The van der Waals surface area contributed by atoms with E-state index in [1.807, 2.05) is 31.3 Å². The van der Waals surface area contributed by atoms with Crippen LogP contribution in [0.1, 0.15) is 12.0 Å². The van der Waals surface area contributed by atoms with Crippen molar-refractivity contribution < 1.29 is 0 Å². The second kappa shape index (κ2) is 4.31. The average Bonchev–Trinajstić information content (AvgIpc) is 2.27. The van der Waals surface area contributed by atoms with Crippen LogP contribution in [-0.2, 0) is 6.54 Å². The molecule has 3 nitrogen and oxygen atoms in total. The highest BCUT2D eigenvalue weighted by molar-refractivity contribution is 5.80. The van der Waals surface area contributed by atoms with Gasteiger partial charge in [0.05, 0.1) is 5.52 Å². The Hall–Kier alpha value is -1.90. The smallest absolute Gasteiger partial charge is 0.298 e. The number of aromatic nitrogens is 2. The highest BCUT2D eigenvalue weighted by atomic mass is 16.1. The maximum Gasteiger partial charge on any atom is 0.348 e. The number of allylic oxidation sites excluding steroid dienone is 1. The predicted molar refractivity (Wildman–Crippen MR) is 65.6 cm³/mol. The molecule has 1 aromatic carbocycles. The topological polar surface area (TPSA) is 34.9 Å². The maximum absolute atomic E-state index is 11.7. The van der Waals surface area contributed by atoms with E-state index in [2.05, 4.69) is 11.6 Å². The molecule has 0 spiro atoms. The number of rotatable bonds is 3. The lowest BCUT2D eigenvalue weighted by Gasteiger charge is -2.06. The van der Waals surface area contributed by atoms with Crippen molar-refractivity contribution in [2.24, 2.45) is 0 Å². The molecule has 3 heteroatoms. The fourth-order valence-corrected chi connectivity index (χ4v) is 1.70. The number of hydrogen-bond acceptors (Lipinski definition) is 2. The van der Waals surface area contributed by atoms with Crippen molar-refractivity contribution in [2.45, 2.75) is 19.9 Å². The molecule has 1 aromatic heterocycles. The van der Waals surface area contributed by atoms with Gasteiger partial charge in [-0.05, 0) is 25.0 Å². The van der Waals surface area contributed by atoms with Crippen LogP contribution in [0.5, 0.6) is 0 Å². The number of hydrogen-bond donors (Lipinski definition) is 0. The highest BCUT2D eigenvalue weighted by Gasteiger charge is 2.02. The van der Waals surface area contributed by atoms with E-state index in [4.69, 9.17) is 0 Å². The van der Waals surface area contributed by atoms with Crippen LogP contribution < -0.4 is 5.69 Å². The van der Waals surface area contributed by atoms with E-state index >= 15 is 0 Å². The first-order chi connectivity index (χ1) is 7.72. The van der Waals surface area contributed by atoms with Gasteiger partial charge in [-0.1, -0.05) is 18.2 Å². The van der Waals surface area contributed by atoms with Crippen LogP contribution in [0.25, 0.3) is 10.9 Å². The second-order valence-electron chi connectivity index (χ2n) is 3.80. The first-order valence-electron chi connectivity index (χ1n) is 5.30. The van der Waals surface area contributed by atoms with Crippen molar-refractivity contribution >= 4 is 10.9 Å². The summed E-state index contributed by atoms with van der Waals surface area (Å²) in [5.74, 6) is 0. The highest BCUT2D eigenvalue weighted by Crippen LogP contribution is 2.13. The van der Waals surface area contributed by atoms with E-state index in [0.717, 1.165) is 22.9 Å². The summed E-state index contributed by atoms with van der Waals surface area (Å²) >= 11 is 0. The van der Waals surface area contributed by atoms with Crippen molar-refractivity contribution in [1.82, 2.24) is 9.55 Å². The molecule has 0 unspecified atom stereocenters. The SMILES string of the molecule is C=CCCn1cc2c(C)cccc2nc1=O. The number of aryl methyl sites for hydroxylation is 2. The molecule has 0 saturated carbocycles. The van der Waals surface area contributed by atoms with Crippen molar-refractivity contribution in [2.75, 3.05) is 0 Å². The van der Waals surface area contributed by atoms with Gasteiger partial charge in [0.25, 0.3) is 0 Å². The molecule has 0 amide bonds. The third-order valence-electron chi connectivity index (χ3n) is 2.62. The normalized spacial score (nSPS) is 10.6. The number of fused-ring (bicyclic) bond motifs is 1. The monoisotopic (exact) mass is 214 g/mol. The summed E-state index contributed by atoms with van der Waals surface area (Å²) in [4.78, 5) is 15.7. The van der Waals surface area contributed by atoms with Crippen LogP contribution in [-0.4, -0.2) is 9.55 Å². The molecule has 0 aliphatic carbocycles. The van der Waals surface area contributed by atoms with Gasteiger partial charge >= 0.3 is 5.69 Å². The zero-order chi connectivity index (χ0) is 11.5. The minimum atomic E-state index is -0.194. The molecule has 0 bridgehead atoms. The Labute approximate surface area is 94.1 Å². The molecule has 2 aromatic rings. The largest absolute Gasteiger partial charge is 0.348 e. The van der Waals surface area contributed by atoms with Crippen LogP contribution >= 0.6 is 0 Å². The molecule has 1 heterocycles. The summed E-state index contributed by atoms with van der Waals surface area (Å²) in [7, 11) is 0. The van der Waals surface area contributed by atoms with E-state index < -0.39 is 0 Å². The molecule has 0 atom stereocenters. The zero-order valence-electron chi connectivity index (χ0n) is 9.31. The summed E-state index contributed by atoms with van der Waals surface area (Å²) in [5.41, 5.74) is 1.71. The summed E-state index contributed by atoms with van der Waals surface area (Å²) in [5, 5.41) is 1.03. The van der Waals surface area contributed by atoms with Gasteiger partial charge in [-0.15, -0.1) is 6.58 Å². The molecule has 0 fully saturated rings. The van der Waals surface area contributed by atoms with Crippen molar-refractivity contribution in [3.8, 4) is 0 Å². The summed E-state index contributed by atoms with van der Waals surface area (Å²) in [6.45, 7) is 6.31. The number of nitrogens with zero attached hydrogens (tertiary/aromatic N) is 2. The van der Waals surface area contributed by atoms with Crippen molar-refractivity contribution in [3.05, 3.63) is 53.1 Å². The third kappa shape index (κ3) is 1.89. The van der Waals surface area contributed by atoms with Gasteiger partial charge in [-0.25, -0.2) is 4.79 Å². The van der Waals surface area contributed by atoms with E-state index in [0.29, 0.717) is 6.54 Å². The Bertz CT molecular complexity index is 584. The van der Waals surface area contributed by atoms with Gasteiger partial charge in [0.15, 0.2) is 0 Å². The minimum Gasteiger partial charge on any atom is -0.298 e. The summed E-state index contributed by atoms with van der Waals surface area (Å²) < 4.78 is 1.64. The minimum absolute atomic E-state index is 0.194. The Morgan fingerprint density at radius 3 is 3.06 bits per heavy atom. The van der Waals surface area contributed by atoms with Crippen LogP contribution in [0.15, 0.2) is 41.8 Å². The molecular formula is C13H14N2O. The molecule has 2 rings (SSSR count). The van der Waals surface area contributed by atoms with E-state index in [9.17, 15) is 4.79 Å². The lowest BCUT2D eigenvalue weighted by molar-refractivity contribution is 0.667. The van der Waals surface area contributed by atoms with Crippen LogP contribution in [0.2, 0.25) is 0 Å². The third-order valence-corrected chi connectivity index (χ3v) is 2.62. The van der Waals surface area contributed by atoms with Crippen LogP contribution in [0.3, 0.4) is 0 Å². The maximum atomic E-state index is 11.7. The summed E-state index contributed by atoms with van der Waals surface area (Å²) in [6.07, 6.45) is 4.46.